The second kappa shape index (κ2) is 8.21. The van der Waals surface area contributed by atoms with Gasteiger partial charge in [0.05, 0.1) is 4.90 Å². The van der Waals surface area contributed by atoms with E-state index in [1.807, 2.05) is 43.3 Å². The second-order valence-corrected chi connectivity index (χ2v) is 8.68. The number of rotatable bonds is 6. The summed E-state index contributed by atoms with van der Waals surface area (Å²) >= 11 is 0. The fourth-order valence-corrected chi connectivity index (χ4v) is 4.25. The van der Waals surface area contributed by atoms with Crippen LogP contribution in [0.15, 0.2) is 53.4 Å². The first kappa shape index (κ1) is 19.5. The van der Waals surface area contributed by atoms with E-state index in [1.165, 1.54) is 12.1 Å². The highest BCUT2D eigenvalue weighted by atomic mass is 32.2. The van der Waals surface area contributed by atoms with E-state index in [1.54, 1.807) is 17.0 Å². The number of nitrogens with zero attached hydrogens (tertiary/aromatic N) is 2. The monoisotopic (exact) mass is 387 g/mol. The molecule has 2 aromatic rings. The minimum Gasteiger partial charge on any atom is -0.308 e. The molecule has 0 saturated carbocycles. The van der Waals surface area contributed by atoms with Gasteiger partial charge in [-0.25, -0.2) is 13.1 Å². The number of hydrogen-bond acceptors (Lipinski definition) is 4. The molecule has 1 aliphatic heterocycles. The van der Waals surface area contributed by atoms with Crippen LogP contribution in [-0.2, 0) is 16.4 Å². The van der Waals surface area contributed by atoms with E-state index in [2.05, 4.69) is 4.72 Å². The molecule has 0 unspecified atom stereocenters. The maximum atomic E-state index is 13.0. The summed E-state index contributed by atoms with van der Waals surface area (Å²) in [5, 5.41) is 0. The zero-order valence-electron chi connectivity index (χ0n) is 15.7. The van der Waals surface area contributed by atoms with E-state index < -0.39 is 10.0 Å². The van der Waals surface area contributed by atoms with E-state index in [9.17, 15) is 13.2 Å². The summed E-state index contributed by atoms with van der Waals surface area (Å²) in [6, 6.07) is 14.1. The smallest absolute Gasteiger partial charge is 0.258 e. The van der Waals surface area contributed by atoms with Gasteiger partial charge in [0.1, 0.15) is 0 Å². The Morgan fingerprint density at radius 3 is 2.70 bits per heavy atom. The lowest BCUT2D eigenvalue weighted by Gasteiger charge is -2.29. The molecule has 1 aliphatic rings. The molecule has 0 aliphatic carbocycles. The van der Waals surface area contributed by atoms with Gasteiger partial charge in [-0.3, -0.25) is 4.79 Å². The van der Waals surface area contributed by atoms with Crippen molar-refractivity contribution in [3.63, 3.8) is 0 Å². The van der Waals surface area contributed by atoms with Crippen LogP contribution in [0, 0.1) is 0 Å². The van der Waals surface area contributed by atoms with Gasteiger partial charge < -0.3 is 9.80 Å². The first-order valence-electron chi connectivity index (χ1n) is 9.03. The molecule has 0 aromatic heterocycles. The molecule has 0 saturated heterocycles. The standard InChI is InChI=1S/C20H25N3O3S/c1-22(2)14-12-21-27(25,26)18-10-5-8-17(15-18)20(24)23-13-6-9-16-7-3-4-11-19(16)23/h3-5,7-8,10-11,15,21H,6,9,12-14H2,1-2H3. The van der Waals surface area contributed by atoms with Gasteiger partial charge in [0.25, 0.3) is 5.91 Å². The summed E-state index contributed by atoms with van der Waals surface area (Å²) in [5.74, 6) is -0.174. The molecular formula is C20H25N3O3S. The van der Waals surface area contributed by atoms with Crippen molar-refractivity contribution in [2.75, 3.05) is 38.6 Å². The zero-order chi connectivity index (χ0) is 19.4. The molecule has 27 heavy (non-hydrogen) atoms. The molecule has 0 radical (unpaired) electrons. The van der Waals surface area contributed by atoms with Crippen molar-refractivity contribution in [2.45, 2.75) is 17.7 Å². The third kappa shape index (κ3) is 4.55. The Hall–Kier alpha value is -2.22. The first-order chi connectivity index (χ1) is 12.9. The van der Waals surface area contributed by atoms with Crippen molar-refractivity contribution in [1.82, 2.24) is 9.62 Å². The quantitative estimate of drug-likeness (QED) is 0.824. The van der Waals surface area contributed by atoms with Crippen LogP contribution in [0.1, 0.15) is 22.3 Å². The van der Waals surface area contributed by atoms with Crippen LogP contribution < -0.4 is 9.62 Å². The van der Waals surface area contributed by atoms with Crippen LogP contribution in [0.4, 0.5) is 5.69 Å². The molecule has 2 aromatic carbocycles. The molecule has 0 bridgehead atoms. The Morgan fingerprint density at radius 2 is 1.93 bits per heavy atom. The van der Waals surface area contributed by atoms with E-state index in [-0.39, 0.29) is 10.8 Å². The number of carbonyl (C=O) groups excluding carboxylic acids is 1. The van der Waals surface area contributed by atoms with Crippen molar-refractivity contribution in [1.29, 1.82) is 0 Å². The molecule has 6 nitrogen and oxygen atoms in total. The maximum absolute atomic E-state index is 13.0. The summed E-state index contributed by atoms with van der Waals surface area (Å²) in [6.07, 6.45) is 1.84. The van der Waals surface area contributed by atoms with Gasteiger partial charge in [0.15, 0.2) is 0 Å². The third-order valence-electron chi connectivity index (χ3n) is 4.60. The lowest BCUT2D eigenvalue weighted by atomic mass is 10.0. The first-order valence-corrected chi connectivity index (χ1v) is 10.5. The summed E-state index contributed by atoms with van der Waals surface area (Å²) in [5.41, 5.74) is 2.43. The third-order valence-corrected chi connectivity index (χ3v) is 6.06. The topological polar surface area (TPSA) is 69.7 Å². The van der Waals surface area contributed by atoms with Crippen LogP contribution in [0.25, 0.3) is 0 Å². The Morgan fingerprint density at radius 1 is 1.15 bits per heavy atom. The van der Waals surface area contributed by atoms with Crippen LogP contribution in [0.5, 0.6) is 0 Å². The number of carbonyl (C=O) groups is 1. The fraction of sp³-hybridized carbons (Fsp3) is 0.350. The summed E-state index contributed by atoms with van der Waals surface area (Å²) in [7, 11) is 0.107. The highest BCUT2D eigenvalue weighted by molar-refractivity contribution is 7.89. The molecule has 7 heteroatoms. The number of aryl methyl sites for hydroxylation is 1. The van der Waals surface area contributed by atoms with E-state index in [0.29, 0.717) is 25.2 Å². The Kier molecular flexibility index (Phi) is 5.94. The van der Waals surface area contributed by atoms with Crippen molar-refractivity contribution < 1.29 is 13.2 Å². The number of amides is 1. The lowest BCUT2D eigenvalue weighted by molar-refractivity contribution is 0.0985. The molecule has 0 fully saturated rings. The number of fused-ring (bicyclic) bond motifs is 1. The summed E-state index contributed by atoms with van der Waals surface area (Å²) in [6.45, 7) is 1.54. The second-order valence-electron chi connectivity index (χ2n) is 6.92. The SMILES string of the molecule is CN(C)CCNS(=O)(=O)c1cccc(C(=O)N2CCCc3ccccc32)c1. The van der Waals surface area contributed by atoms with Gasteiger partial charge in [-0.05, 0) is 56.8 Å². The van der Waals surface area contributed by atoms with Crippen LogP contribution >= 0.6 is 0 Å². The Bertz CT molecular complexity index is 926. The highest BCUT2D eigenvalue weighted by Crippen LogP contribution is 2.28. The maximum Gasteiger partial charge on any atom is 0.258 e. The van der Waals surface area contributed by atoms with Gasteiger partial charge >= 0.3 is 0 Å². The molecule has 3 rings (SSSR count). The number of sulfonamides is 1. The average molecular weight is 388 g/mol. The minimum atomic E-state index is -3.65. The Balaban J connectivity index is 1.83. The van der Waals surface area contributed by atoms with Crippen molar-refractivity contribution in [3.8, 4) is 0 Å². The molecular weight excluding hydrogens is 362 g/mol. The lowest BCUT2D eigenvalue weighted by Crippen LogP contribution is -2.35. The van der Waals surface area contributed by atoms with Crippen LogP contribution in [-0.4, -0.2) is 53.0 Å². The van der Waals surface area contributed by atoms with E-state index in [0.717, 1.165) is 24.1 Å². The number of benzene rings is 2. The van der Waals surface area contributed by atoms with Gasteiger partial charge in [0, 0.05) is 30.9 Å². The van der Waals surface area contributed by atoms with Crippen LogP contribution in [0.2, 0.25) is 0 Å². The zero-order valence-corrected chi connectivity index (χ0v) is 16.5. The number of nitrogens with one attached hydrogen (secondary N) is 1. The summed E-state index contributed by atoms with van der Waals surface area (Å²) < 4.78 is 27.6. The van der Waals surface area contributed by atoms with Crippen molar-refractivity contribution in [3.05, 3.63) is 59.7 Å². The van der Waals surface area contributed by atoms with Crippen molar-refractivity contribution >= 4 is 21.6 Å². The number of para-hydroxylation sites is 1. The van der Waals surface area contributed by atoms with Gasteiger partial charge in [0.2, 0.25) is 10.0 Å². The minimum absolute atomic E-state index is 0.109. The van der Waals surface area contributed by atoms with Crippen LogP contribution in [0.3, 0.4) is 0 Å². The largest absolute Gasteiger partial charge is 0.308 e. The normalized spacial score (nSPS) is 14.3. The fourth-order valence-electron chi connectivity index (χ4n) is 3.18. The predicted octanol–water partition coefficient (Wildman–Crippen LogP) is 2.12. The molecule has 1 amide bonds. The van der Waals surface area contributed by atoms with E-state index >= 15 is 0 Å². The molecule has 1 heterocycles. The molecule has 144 valence electrons. The Labute approximate surface area is 160 Å². The number of anilines is 1. The average Bonchev–Trinajstić information content (AvgIpc) is 2.66. The number of likely N-dealkylation sites (N-methyl/N-ethyl adjacent to an activating group) is 1. The van der Waals surface area contributed by atoms with Gasteiger partial charge in [-0.1, -0.05) is 24.3 Å². The molecule has 0 atom stereocenters. The van der Waals surface area contributed by atoms with Crippen molar-refractivity contribution in [2.24, 2.45) is 0 Å². The van der Waals surface area contributed by atoms with E-state index in [4.69, 9.17) is 0 Å². The number of hydrogen-bond donors (Lipinski definition) is 1. The highest BCUT2D eigenvalue weighted by Gasteiger charge is 2.24. The predicted molar refractivity (Wildman–Crippen MR) is 107 cm³/mol. The van der Waals surface area contributed by atoms with Gasteiger partial charge in [-0.15, -0.1) is 0 Å². The van der Waals surface area contributed by atoms with Gasteiger partial charge in [-0.2, -0.15) is 0 Å². The molecule has 1 N–H and O–H groups in total. The summed E-state index contributed by atoms with van der Waals surface area (Å²) in [4.78, 5) is 16.8. The molecule has 0 spiro atoms.